The molecule has 2 rings (SSSR count). The fourth-order valence-corrected chi connectivity index (χ4v) is 2.20. The normalized spacial score (nSPS) is 12.4. The van der Waals surface area contributed by atoms with Crippen LogP contribution in [0.4, 0.5) is 13.2 Å². The van der Waals surface area contributed by atoms with E-state index in [-0.39, 0.29) is 11.9 Å². The Bertz CT molecular complexity index is 584. The van der Waals surface area contributed by atoms with E-state index in [2.05, 4.69) is 5.32 Å². The summed E-state index contributed by atoms with van der Waals surface area (Å²) in [6, 6.07) is 10.3. The molecule has 0 bridgehead atoms. The van der Waals surface area contributed by atoms with Gasteiger partial charge in [0.25, 0.3) is 0 Å². The molecular formula is C16H16F3N. The molecule has 2 aromatic carbocycles. The van der Waals surface area contributed by atoms with Crippen molar-refractivity contribution in [2.45, 2.75) is 18.9 Å². The van der Waals surface area contributed by atoms with Crippen molar-refractivity contribution >= 4 is 0 Å². The Balaban J connectivity index is 2.11. The van der Waals surface area contributed by atoms with E-state index in [9.17, 15) is 13.2 Å². The number of hydrogen-bond acceptors (Lipinski definition) is 1. The summed E-state index contributed by atoms with van der Waals surface area (Å²) in [7, 11) is 1.75. The third kappa shape index (κ3) is 3.61. The first-order valence-corrected chi connectivity index (χ1v) is 6.44. The molecule has 0 spiro atoms. The van der Waals surface area contributed by atoms with Crippen molar-refractivity contribution in [3.8, 4) is 0 Å². The molecule has 1 atom stereocenters. The van der Waals surface area contributed by atoms with Gasteiger partial charge in [0.15, 0.2) is 11.6 Å². The molecule has 20 heavy (non-hydrogen) atoms. The maximum absolute atomic E-state index is 13.6. The predicted octanol–water partition coefficient (Wildman–Crippen LogP) is 3.48. The first-order valence-electron chi connectivity index (χ1n) is 6.44. The van der Waals surface area contributed by atoms with E-state index < -0.39 is 11.6 Å². The van der Waals surface area contributed by atoms with Gasteiger partial charge in [-0.3, -0.25) is 0 Å². The summed E-state index contributed by atoms with van der Waals surface area (Å²) in [5.41, 5.74) is 1.14. The van der Waals surface area contributed by atoms with Gasteiger partial charge >= 0.3 is 0 Å². The Kier molecular flexibility index (Phi) is 4.79. The summed E-state index contributed by atoms with van der Waals surface area (Å²) in [6.45, 7) is 0. The average Bonchev–Trinajstić information content (AvgIpc) is 2.43. The minimum atomic E-state index is -0.844. The Morgan fingerprint density at radius 3 is 2.45 bits per heavy atom. The number of likely N-dealkylation sites (N-methyl/N-ethyl adjacent to an activating group) is 1. The molecular weight excluding hydrogens is 263 g/mol. The van der Waals surface area contributed by atoms with E-state index in [1.165, 1.54) is 18.2 Å². The molecule has 0 aliphatic heterocycles. The molecule has 0 heterocycles. The van der Waals surface area contributed by atoms with Crippen LogP contribution in [0.1, 0.15) is 11.1 Å². The van der Waals surface area contributed by atoms with Gasteiger partial charge in [0.05, 0.1) is 0 Å². The van der Waals surface area contributed by atoms with Crippen LogP contribution in [-0.2, 0) is 12.8 Å². The highest BCUT2D eigenvalue weighted by molar-refractivity contribution is 5.22. The van der Waals surface area contributed by atoms with Gasteiger partial charge in [-0.25, -0.2) is 13.2 Å². The molecule has 4 heteroatoms. The highest BCUT2D eigenvalue weighted by Gasteiger charge is 2.14. The van der Waals surface area contributed by atoms with Crippen LogP contribution < -0.4 is 5.32 Å². The van der Waals surface area contributed by atoms with Crippen LogP contribution >= 0.6 is 0 Å². The molecule has 1 nitrogen and oxygen atoms in total. The Morgan fingerprint density at radius 1 is 1.00 bits per heavy atom. The number of hydrogen-bond donors (Lipinski definition) is 1. The first-order chi connectivity index (χ1) is 9.60. The van der Waals surface area contributed by atoms with Gasteiger partial charge in [-0.05, 0) is 49.2 Å². The van der Waals surface area contributed by atoms with Crippen molar-refractivity contribution in [2.75, 3.05) is 7.05 Å². The van der Waals surface area contributed by atoms with E-state index in [0.717, 1.165) is 11.6 Å². The zero-order valence-electron chi connectivity index (χ0n) is 11.2. The van der Waals surface area contributed by atoms with Crippen LogP contribution in [0.2, 0.25) is 0 Å². The molecule has 0 saturated heterocycles. The Hall–Kier alpha value is -1.81. The van der Waals surface area contributed by atoms with Crippen LogP contribution in [0.15, 0.2) is 42.5 Å². The second-order valence-electron chi connectivity index (χ2n) is 4.74. The summed E-state index contributed by atoms with van der Waals surface area (Å²) in [5, 5.41) is 3.05. The monoisotopic (exact) mass is 279 g/mol. The minimum Gasteiger partial charge on any atom is -0.316 e. The molecule has 0 amide bonds. The lowest BCUT2D eigenvalue weighted by atomic mass is 9.98. The maximum atomic E-state index is 13.6. The fraction of sp³-hybridized carbons (Fsp3) is 0.250. The lowest BCUT2D eigenvalue weighted by Gasteiger charge is -2.17. The fourth-order valence-electron chi connectivity index (χ4n) is 2.20. The molecule has 106 valence electrons. The van der Waals surface area contributed by atoms with E-state index in [4.69, 9.17) is 0 Å². The van der Waals surface area contributed by atoms with Crippen molar-refractivity contribution in [3.05, 3.63) is 71.0 Å². The lowest BCUT2D eigenvalue weighted by Crippen LogP contribution is -2.30. The van der Waals surface area contributed by atoms with E-state index in [1.807, 2.05) is 6.07 Å². The molecule has 0 fully saturated rings. The van der Waals surface area contributed by atoms with Gasteiger partial charge in [0.2, 0.25) is 0 Å². The summed E-state index contributed by atoms with van der Waals surface area (Å²) in [5.74, 6) is -1.95. The van der Waals surface area contributed by atoms with E-state index in [1.54, 1.807) is 19.2 Å². The standard InChI is InChI=1S/C16H16F3N/c1-20-14(9-11-4-2-6-13(17)8-11)10-12-5-3-7-15(18)16(12)19/h2-8,14,20H,9-10H2,1H3. The van der Waals surface area contributed by atoms with Gasteiger partial charge in [-0.2, -0.15) is 0 Å². The van der Waals surface area contributed by atoms with Gasteiger partial charge in [0, 0.05) is 6.04 Å². The van der Waals surface area contributed by atoms with Gasteiger partial charge < -0.3 is 5.32 Å². The molecule has 1 N–H and O–H groups in total. The zero-order valence-corrected chi connectivity index (χ0v) is 11.2. The number of halogens is 3. The SMILES string of the molecule is CNC(Cc1cccc(F)c1)Cc1cccc(F)c1F. The highest BCUT2D eigenvalue weighted by Crippen LogP contribution is 2.15. The van der Waals surface area contributed by atoms with E-state index >= 15 is 0 Å². The van der Waals surface area contributed by atoms with Crippen LogP contribution in [-0.4, -0.2) is 13.1 Å². The second-order valence-corrected chi connectivity index (χ2v) is 4.74. The summed E-state index contributed by atoms with van der Waals surface area (Å²) >= 11 is 0. The third-order valence-electron chi connectivity index (χ3n) is 3.28. The average molecular weight is 279 g/mol. The van der Waals surface area contributed by atoms with Gasteiger partial charge in [-0.15, -0.1) is 0 Å². The van der Waals surface area contributed by atoms with Crippen molar-refractivity contribution in [3.63, 3.8) is 0 Å². The topological polar surface area (TPSA) is 12.0 Å². The second kappa shape index (κ2) is 6.57. The summed E-state index contributed by atoms with van der Waals surface area (Å²) < 4.78 is 39.9. The molecule has 0 radical (unpaired) electrons. The van der Waals surface area contributed by atoms with Crippen molar-refractivity contribution < 1.29 is 13.2 Å². The molecule has 0 aliphatic rings. The molecule has 0 saturated carbocycles. The largest absolute Gasteiger partial charge is 0.316 e. The van der Waals surface area contributed by atoms with Crippen molar-refractivity contribution in [1.82, 2.24) is 5.32 Å². The molecule has 2 aromatic rings. The van der Waals surface area contributed by atoms with Gasteiger partial charge in [0.1, 0.15) is 5.82 Å². The third-order valence-corrected chi connectivity index (χ3v) is 3.28. The molecule has 1 unspecified atom stereocenters. The Morgan fingerprint density at radius 2 is 1.75 bits per heavy atom. The molecule has 0 aliphatic carbocycles. The van der Waals surface area contributed by atoms with Crippen molar-refractivity contribution in [1.29, 1.82) is 0 Å². The van der Waals surface area contributed by atoms with E-state index in [0.29, 0.717) is 18.4 Å². The quantitative estimate of drug-likeness (QED) is 0.883. The number of benzene rings is 2. The maximum Gasteiger partial charge on any atom is 0.162 e. The van der Waals surface area contributed by atoms with Gasteiger partial charge in [-0.1, -0.05) is 24.3 Å². The zero-order chi connectivity index (χ0) is 14.5. The van der Waals surface area contributed by atoms with Crippen LogP contribution in [0, 0.1) is 17.5 Å². The summed E-state index contributed by atoms with van der Waals surface area (Å²) in [4.78, 5) is 0. The predicted molar refractivity (Wildman–Crippen MR) is 73.0 cm³/mol. The first kappa shape index (κ1) is 14.6. The van der Waals surface area contributed by atoms with Crippen LogP contribution in [0.3, 0.4) is 0 Å². The minimum absolute atomic E-state index is 0.0897. The lowest BCUT2D eigenvalue weighted by molar-refractivity contribution is 0.482. The smallest absolute Gasteiger partial charge is 0.162 e. The Labute approximate surface area is 116 Å². The molecule has 0 aromatic heterocycles. The van der Waals surface area contributed by atoms with Crippen LogP contribution in [0.25, 0.3) is 0 Å². The van der Waals surface area contributed by atoms with Crippen molar-refractivity contribution in [2.24, 2.45) is 0 Å². The number of rotatable bonds is 5. The van der Waals surface area contributed by atoms with Crippen LogP contribution in [0.5, 0.6) is 0 Å². The number of nitrogens with one attached hydrogen (secondary N) is 1. The highest BCUT2D eigenvalue weighted by atomic mass is 19.2. The summed E-state index contributed by atoms with van der Waals surface area (Å²) in [6.07, 6.45) is 0.890.